The molecule has 20 heavy (non-hydrogen) atoms. The third-order valence-electron chi connectivity index (χ3n) is 3.95. The lowest BCUT2D eigenvalue weighted by Gasteiger charge is -2.25. The SMILES string of the molecule is CCCCS(=O)(=O)N1CCCC1c1cc(C)cc(C)c1. The molecule has 0 radical (unpaired) electrons. The topological polar surface area (TPSA) is 37.4 Å². The molecule has 0 amide bonds. The molecule has 0 spiro atoms. The summed E-state index contributed by atoms with van der Waals surface area (Å²) in [6, 6.07) is 6.43. The third-order valence-corrected chi connectivity index (χ3v) is 5.90. The second-order valence-corrected chi connectivity index (χ2v) is 7.90. The van der Waals surface area contributed by atoms with Gasteiger partial charge in [-0.1, -0.05) is 42.7 Å². The van der Waals surface area contributed by atoms with Gasteiger partial charge in [0.05, 0.1) is 5.75 Å². The van der Waals surface area contributed by atoms with Gasteiger partial charge < -0.3 is 0 Å². The van der Waals surface area contributed by atoms with Crippen molar-refractivity contribution in [3.8, 4) is 0 Å². The molecular weight excluding hydrogens is 270 g/mol. The molecule has 1 heterocycles. The van der Waals surface area contributed by atoms with Gasteiger partial charge in [0.25, 0.3) is 0 Å². The van der Waals surface area contributed by atoms with Crippen molar-refractivity contribution in [1.82, 2.24) is 4.31 Å². The maximum Gasteiger partial charge on any atom is 0.214 e. The monoisotopic (exact) mass is 295 g/mol. The van der Waals surface area contributed by atoms with Crippen LogP contribution in [0.5, 0.6) is 0 Å². The minimum Gasteiger partial charge on any atom is -0.212 e. The van der Waals surface area contributed by atoms with E-state index in [-0.39, 0.29) is 11.8 Å². The van der Waals surface area contributed by atoms with Crippen LogP contribution in [0.2, 0.25) is 0 Å². The van der Waals surface area contributed by atoms with Gasteiger partial charge in [0, 0.05) is 12.6 Å². The molecule has 0 aliphatic carbocycles. The highest BCUT2D eigenvalue weighted by molar-refractivity contribution is 7.89. The molecular formula is C16H25NO2S. The summed E-state index contributed by atoms with van der Waals surface area (Å²) in [6.07, 6.45) is 3.57. The van der Waals surface area contributed by atoms with Gasteiger partial charge in [-0.2, -0.15) is 4.31 Å². The molecule has 1 aliphatic heterocycles. The smallest absolute Gasteiger partial charge is 0.212 e. The van der Waals surface area contributed by atoms with Crippen LogP contribution in [0.15, 0.2) is 18.2 Å². The first-order valence-corrected chi connectivity index (χ1v) is 9.12. The zero-order valence-electron chi connectivity index (χ0n) is 12.7. The lowest BCUT2D eigenvalue weighted by Crippen LogP contribution is -2.32. The maximum absolute atomic E-state index is 12.5. The normalized spacial score (nSPS) is 20.4. The number of hydrogen-bond donors (Lipinski definition) is 0. The fraction of sp³-hybridized carbons (Fsp3) is 0.625. The second-order valence-electron chi connectivity index (χ2n) is 5.86. The fourth-order valence-corrected chi connectivity index (χ4v) is 4.96. The van der Waals surface area contributed by atoms with Gasteiger partial charge in [-0.3, -0.25) is 0 Å². The van der Waals surface area contributed by atoms with Crippen molar-refractivity contribution in [2.24, 2.45) is 0 Å². The predicted molar refractivity (Wildman–Crippen MR) is 83.3 cm³/mol. The van der Waals surface area contributed by atoms with Gasteiger partial charge in [-0.05, 0) is 38.7 Å². The van der Waals surface area contributed by atoms with Crippen molar-refractivity contribution in [1.29, 1.82) is 0 Å². The van der Waals surface area contributed by atoms with Crippen molar-refractivity contribution in [2.75, 3.05) is 12.3 Å². The molecule has 0 bridgehead atoms. The average molecular weight is 295 g/mol. The summed E-state index contributed by atoms with van der Waals surface area (Å²) < 4.78 is 26.7. The van der Waals surface area contributed by atoms with Crippen molar-refractivity contribution in [3.63, 3.8) is 0 Å². The largest absolute Gasteiger partial charge is 0.214 e. The Bertz CT molecular complexity index is 546. The Kier molecular flexibility index (Phi) is 4.86. The quantitative estimate of drug-likeness (QED) is 0.832. The number of nitrogens with zero attached hydrogens (tertiary/aromatic N) is 1. The lowest BCUT2D eigenvalue weighted by atomic mass is 10.0. The van der Waals surface area contributed by atoms with Gasteiger partial charge >= 0.3 is 0 Å². The van der Waals surface area contributed by atoms with Crippen molar-refractivity contribution in [2.45, 2.75) is 52.5 Å². The Balaban J connectivity index is 2.27. The number of hydrogen-bond acceptors (Lipinski definition) is 2. The van der Waals surface area contributed by atoms with E-state index in [1.807, 2.05) is 6.92 Å². The molecule has 1 aromatic rings. The second kappa shape index (κ2) is 6.27. The molecule has 1 saturated heterocycles. The predicted octanol–water partition coefficient (Wildman–Crippen LogP) is 3.57. The third kappa shape index (κ3) is 3.41. The summed E-state index contributed by atoms with van der Waals surface area (Å²) in [5, 5.41) is 0. The maximum atomic E-state index is 12.5. The van der Waals surface area contributed by atoms with Gasteiger partial charge in [0.15, 0.2) is 0 Å². The molecule has 1 unspecified atom stereocenters. The van der Waals surface area contributed by atoms with Crippen molar-refractivity contribution in [3.05, 3.63) is 34.9 Å². The molecule has 112 valence electrons. The Labute approximate surface area is 123 Å². The molecule has 1 aliphatic rings. The van der Waals surface area contributed by atoms with E-state index in [4.69, 9.17) is 0 Å². The van der Waals surface area contributed by atoms with Gasteiger partial charge in [-0.25, -0.2) is 8.42 Å². The van der Waals surface area contributed by atoms with Crippen LogP contribution in [-0.4, -0.2) is 25.0 Å². The van der Waals surface area contributed by atoms with Crippen LogP contribution >= 0.6 is 0 Å². The minimum absolute atomic E-state index is 0.0375. The Morgan fingerprint density at radius 1 is 1.20 bits per heavy atom. The van der Waals surface area contributed by atoms with E-state index in [0.29, 0.717) is 6.54 Å². The Morgan fingerprint density at radius 2 is 1.85 bits per heavy atom. The summed E-state index contributed by atoms with van der Waals surface area (Å²) in [5.74, 6) is 0.283. The van der Waals surface area contributed by atoms with Gasteiger partial charge in [0.1, 0.15) is 0 Å². The van der Waals surface area contributed by atoms with Gasteiger partial charge in [0.2, 0.25) is 10.0 Å². The average Bonchev–Trinajstić information content (AvgIpc) is 2.85. The highest BCUT2D eigenvalue weighted by Gasteiger charge is 2.34. The molecule has 3 nitrogen and oxygen atoms in total. The molecule has 1 aromatic carbocycles. The van der Waals surface area contributed by atoms with E-state index in [2.05, 4.69) is 32.0 Å². The Hall–Kier alpha value is -0.870. The van der Waals surface area contributed by atoms with E-state index in [0.717, 1.165) is 31.2 Å². The van der Waals surface area contributed by atoms with E-state index in [9.17, 15) is 8.42 Å². The summed E-state index contributed by atoms with van der Waals surface area (Å²) in [7, 11) is -3.11. The molecule has 4 heteroatoms. The zero-order chi connectivity index (χ0) is 14.8. The van der Waals surface area contributed by atoms with Crippen molar-refractivity contribution < 1.29 is 8.42 Å². The van der Waals surface area contributed by atoms with Crippen molar-refractivity contribution >= 4 is 10.0 Å². The lowest BCUT2D eigenvalue weighted by molar-refractivity contribution is 0.395. The van der Waals surface area contributed by atoms with E-state index >= 15 is 0 Å². The summed E-state index contributed by atoms with van der Waals surface area (Å²) in [4.78, 5) is 0. The highest BCUT2D eigenvalue weighted by Crippen LogP contribution is 2.35. The zero-order valence-corrected chi connectivity index (χ0v) is 13.5. The number of rotatable bonds is 5. The number of unbranched alkanes of at least 4 members (excludes halogenated alkanes) is 1. The molecule has 0 saturated carbocycles. The summed E-state index contributed by atoms with van der Waals surface area (Å²) in [5.41, 5.74) is 3.57. The first-order chi connectivity index (χ1) is 9.44. The van der Waals surface area contributed by atoms with Crippen LogP contribution in [0.1, 0.15) is 55.3 Å². The van der Waals surface area contributed by atoms with Gasteiger partial charge in [-0.15, -0.1) is 0 Å². The Morgan fingerprint density at radius 3 is 2.45 bits per heavy atom. The van der Waals surface area contributed by atoms with Crippen LogP contribution in [0, 0.1) is 13.8 Å². The standard InChI is InChI=1S/C16H25NO2S/c1-4-5-9-20(18,19)17-8-6-7-16(17)15-11-13(2)10-14(3)12-15/h10-12,16H,4-9H2,1-3H3. The van der Waals surface area contributed by atoms with E-state index in [1.54, 1.807) is 4.31 Å². The fourth-order valence-electron chi connectivity index (χ4n) is 3.05. The molecule has 1 fully saturated rings. The van der Waals surface area contributed by atoms with E-state index < -0.39 is 10.0 Å². The van der Waals surface area contributed by atoms with Crippen LogP contribution in [0.25, 0.3) is 0 Å². The molecule has 0 aromatic heterocycles. The van der Waals surface area contributed by atoms with Crippen LogP contribution in [-0.2, 0) is 10.0 Å². The number of benzene rings is 1. The summed E-state index contributed by atoms with van der Waals surface area (Å²) >= 11 is 0. The van der Waals surface area contributed by atoms with E-state index in [1.165, 1.54) is 11.1 Å². The van der Waals surface area contributed by atoms with Crippen LogP contribution in [0.4, 0.5) is 0 Å². The van der Waals surface area contributed by atoms with Crippen LogP contribution in [0.3, 0.4) is 0 Å². The molecule has 0 N–H and O–H groups in total. The highest BCUT2D eigenvalue weighted by atomic mass is 32.2. The van der Waals surface area contributed by atoms with Crippen LogP contribution < -0.4 is 0 Å². The molecule has 1 atom stereocenters. The molecule has 2 rings (SSSR count). The number of sulfonamides is 1. The first-order valence-electron chi connectivity index (χ1n) is 7.52. The summed E-state index contributed by atoms with van der Waals surface area (Å²) in [6.45, 7) is 6.84. The first kappa shape index (κ1) is 15.5. The minimum atomic E-state index is -3.11. The number of aryl methyl sites for hydroxylation is 2.